The minimum atomic E-state index is -3.75. The van der Waals surface area contributed by atoms with E-state index in [-0.39, 0.29) is 17.2 Å². The predicted molar refractivity (Wildman–Crippen MR) is 66.4 cm³/mol. The zero-order valence-corrected chi connectivity index (χ0v) is 11.3. The Morgan fingerprint density at radius 2 is 2.00 bits per heavy atom. The monoisotopic (exact) mass is 275 g/mol. The molecule has 6 nitrogen and oxygen atoms in total. The lowest BCUT2D eigenvalue weighted by Gasteiger charge is -2.12. The number of hydrogen-bond donors (Lipinski definition) is 2. The van der Waals surface area contributed by atoms with Crippen molar-refractivity contribution in [3.63, 3.8) is 0 Å². The number of aliphatic hydroxyl groups is 1. The first-order chi connectivity index (χ1) is 8.40. The van der Waals surface area contributed by atoms with Crippen LogP contribution in [0.15, 0.2) is 23.1 Å². The number of rotatable bonds is 6. The van der Waals surface area contributed by atoms with Crippen LogP contribution in [0.2, 0.25) is 0 Å². The number of methoxy groups -OCH3 is 2. The van der Waals surface area contributed by atoms with Gasteiger partial charge in [-0.1, -0.05) is 0 Å². The van der Waals surface area contributed by atoms with E-state index in [9.17, 15) is 8.42 Å². The molecule has 1 atom stereocenters. The number of sulfonamides is 1. The highest BCUT2D eigenvalue weighted by atomic mass is 32.2. The fraction of sp³-hybridized carbons (Fsp3) is 0.455. The summed E-state index contributed by atoms with van der Waals surface area (Å²) in [4.78, 5) is -0.0231. The molecule has 1 unspecified atom stereocenters. The van der Waals surface area contributed by atoms with E-state index < -0.39 is 16.1 Å². The van der Waals surface area contributed by atoms with E-state index in [1.807, 2.05) is 0 Å². The molecular weight excluding hydrogens is 258 g/mol. The molecule has 0 radical (unpaired) electrons. The maximum absolute atomic E-state index is 12.0. The van der Waals surface area contributed by atoms with Crippen molar-refractivity contribution in [1.29, 1.82) is 0 Å². The van der Waals surface area contributed by atoms with Crippen molar-refractivity contribution in [2.75, 3.05) is 20.8 Å². The van der Waals surface area contributed by atoms with E-state index in [1.54, 1.807) is 6.07 Å². The summed E-state index contributed by atoms with van der Waals surface area (Å²) in [6.45, 7) is 1.42. The van der Waals surface area contributed by atoms with Crippen molar-refractivity contribution in [3.8, 4) is 11.5 Å². The minimum absolute atomic E-state index is 0.0231. The molecule has 0 bridgehead atoms. The molecule has 0 aliphatic carbocycles. The summed E-state index contributed by atoms with van der Waals surface area (Å²) in [6.07, 6.45) is -0.767. The number of benzene rings is 1. The third-order valence-corrected chi connectivity index (χ3v) is 3.67. The first-order valence-corrected chi connectivity index (χ1v) is 6.78. The summed E-state index contributed by atoms with van der Waals surface area (Å²) in [5, 5.41) is 9.11. The smallest absolute Gasteiger partial charge is 0.244 e. The van der Waals surface area contributed by atoms with E-state index in [4.69, 9.17) is 14.6 Å². The highest BCUT2D eigenvalue weighted by Gasteiger charge is 2.20. The van der Waals surface area contributed by atoms with Crippen LogP contribution in [0.25, 0.3) is 0 Å². The summed E-state index contributed by atoms with van der Waals surface area (Å²) in [5.41, 5.74) is 0. The van der Waals surface area contributed by atoms with Gasteiger partial charge >= 0.3 is 0 Å². The topological polar surface area (TPSA) is 84.9 Å². The van der Waals surface area contributed by atoms with Crippen LogP contribution in [0.5, 0.6) is 11.5 Å². The largest absolute Gasteiger partial charge is 0.497 e. The van der Waals surface area contributed by atoms with Gasteiger partial charge in [-0.15, -0.1) is 0 Å². The fourth-order valence-corrected chi connectivity index (χ4v) is 2.61. The zero-order valence-electron chi connectivity index (χ0n) is 10.5. The zero-order chi connectivity index (χ0) is 13.8. The van der Waals surface area contributed by atoms with E-state index in [2.05, 4.69) is 4.72 Å². The second kappa shape index (κ2) is 6.03. The van der Waals surface area contributed by atoms with Crippen LogP contribution < -0.4 is 14.2 Å². The highest BCUT2D eigenvalue weighted by molar-refractivity contribution is 7.89. The molecule has 0 saturated carbocycles. The Kier molecular flexibility index (Phi) is 4.94. The molecule has 0 saturated heterocycles. The molecular formula is C11H17NO5S. The third-order valence-electron chi connectivity index (χ3n) is 2.23. The Balaban J connectivity index is 3.12. The standard InChI is InChI=1S/C11H17NO5S/c1-8(13)7-12-18(14,15)11-6-9(16-2)4-5-10(11)17-3/h4-6,8,12-13H,7H2,1-3H3. The predicted octanol–water partition coefficient (Wildman–Crippen LogP) is 0.363. The molecule has 0 fully saturated rings. The number of ether oxygens (including phenoxy) is 2. The van der Waals surface area contributed by atoms with Crippen LogP contribution in [-0.4, -0.2) is 40.4 Å². The molecule has 1 aromatic rings. The van der Waals surface area contributed by atoms with Crippen LogP contribution in [0.3, 0.4) is 0 Å². The SMILES string of the molecule is COc1ccc(OC)c(S(=O)(=O)NCC(C)O)c1. The second-order valence-corrected chi connectivity index (χ2v) is 5.45. The first kappa shape index (κ1) is 14.7. The fourth-order valence-electron chi connectivity index (χ4n) is 1.30. The van der Waals surface area contributed by atoms with Gasteiger partial charge in [0.2, 0.25) is 10.0 Å². The highest BCUT2D eigenvalue weighted by Crippen LogP contribution is 2.27. The third kappa shape index (κ3) is 3.59. The van der Waals surface area contributed by atoms with E-state index >= 15 is 0 Å². The summed E-state index contributed by atoms with van der Waals surface area (Å²) >= 11 is 0. The summed E-state index contributed by atoms with van der Waals surface area (Å²) < 4.78 is 36.3. The molecule has 18 heavy (non-hydrogen) atoms. The minimum Gasteiger partial charge on any atom is -0.497 e. The Bertz CT molecular complexity index is 498. The van der Waals surface area contributed by atoms with Crippen molar-refractivity contribution >= 4 is 10.0 Å². The van der Waals surface area contributed by atoms with Gasteiger partial charge in [-0.05, 0) is 19.1 Å². The average Bonchev–Trinajstić information content (AvgIpc) is 2.35. The van der Waals surface area contributed by atoms with Crippen LogP contribution in [0.1, 0.15) is 6.92 Å². The first-order valence-electron chi connectivity index (χ1n) is 5.30. The van der Waals surface area contributed by atoms with Crippen LogP contribution in [0, 0.1) is 0 Å². The molecule has 2 N–H and O–H groups in total. The van der Waals surface area contributed by atoms with Gasteiger partial charge in [-0.25, -0.2) is 13.1 Å². The lowest BCUT2D eigenvalue weighted by atomic mass is 10.3. The van der Waals surface area contributed by atoms with Crippen LogP contribution >= 0.6 is 0 Å². The van der Waals surface area contributed by atoms with E-state index in [0.29, 0.717) is 5.75 Å². The van der Waals surface area contributed by atoms with Gasteiger partial charge in [0.25, 0.3) is 0 Å². The van der Waals surface area contributed by atoms with Gasteiger partial charge in [-0.2, -0.15) is 0 Å². The van der Waals surface area contributed by atoms with Gasteiger partial charge in [0, 0.05) is 12.6 Å². The van der Waals surface area contributed by atoms with E-state index in [0.717, 1.165) is 0 Å². The maximum atomic E-state index is 12.0. The van der Waals surface area contributed by atoms with Crippen molar-refractivity contribution in [3.05, 3.63) is 18.2 Å². The van der Waals surface area contributed by atoms with Crippen LogP contribution in [-0.2, 0) is 10.0 Å². The lowest BCUT2D eigenvalue weighted by Crippen LogP contribution is -2.30. The van der Waals surface area contributed by atoms with Crippen molar-refractivity contribution in [2.45, 2.75) is 17.9 Å². The Hall–Kier alpha value is -1.31. The summed E-state index contributed by atoms with van der Waals surface area (Å²) in [6, 6.07) is 4.48. The van der Waals surface area contributed by atoms with Crippen molar-refractivity contribution in [1.82, 2.24) is 4.72 Å². The van der Waals surface area contributed by atoms with E-state index in [1.165, 1.54) is 33.3 Å². The molecule has 0 aromatic heterocycles. The maximum Gasteiger partial charge on any atom is 0.244 e. The number of hydrogen-bond acceptors (Lipinski definition) is 5. The number of nitrogens with one attached hydrogen (secondary N) is 1. The van der Waals surface area contributed by atoms with Gasteiger partial charge in [0.05, 0.1) is 20.3 Å². The molecule has 7 heteroatoms. The molecule has 0 spiro atoms. The second-order valence-electron chi connectivity index (χ2n) is 3.72. The summed E-state index contributed by atoms with van der Waals surface area (Å²) in [7, 11) is -0.915. The molecule has 1 rings (SSSR count). The quantitative estimate of drug-likeness (QED) is 0.783. The van der Waals surface area contributed by atoms with Gasteiger partial charge < -0.3 is 14.6 Å². The van der Waals surface area contributed by atoms with Gasteiger partial charge in [0.15, 0.2) is 0 Å². The molecule has 1 aromatic carbocycles. The van der Waals surface area contributed by atoms with Crippen molar-refractivity contribution < 1.29 is 23.0 Å². The molecule has 0 amide bonds. The molecule has 0 aliphatic rings. The summed E-state index contributed by atoms with van der Waals surface area (Å²) in [5.74, 6) is 0.627. The molecule has 102 valence electrons. The van der Waals surface area contributed by atoms with Gasteiger partial charge in [0.1, 0.15) is 16.4 Å². The van der Waals surface area contributed by atoms with Crippen LogP contribution in [0.4, 0.5) is 0 Å². The number of aliphatic hydroxyl groups excluding tert-OH is 1. The van der Waals surface area contributed by atoms with Crippen molar-refractivity contribution in [2.24, 2.45) is 0 Å². The molecule has 0 aliphatic heterocycles. The Morgan fingerprint density at radius 1 is 1.33 bits per heavy atom. The Morgan fingerprint density at radius 3 is 2.50 bits per heavy atom. The van der Waals surface area contributed by atoms with Gasteiger partial charge in [-0.3, -0.25) is 0 Å². The Labute approximate surface area is 107 Å². The lowest BCUT2D eigenvalue weighted by molar-refractivity contribution is 0.198. The molecule has 0 heterocycles. The average molecular weight is 275 g/mol. The normalized spacial score (nSPS) is 13.1.